The number of para-hydroxylation sites is 3. The lowest BCUT2D eigenvalue weighted by Gasteiger charge is -2.37. The number of benzene rings is 7. The normalized spacial score (nSPS) is 19.3. The third-order valence-corrected chi connectivity index (χ3v) is 12.0. The highest BCUT2D eigenvalue weighted by Gasteiger charge is 2.41. The van der Waals surface area contributed by atoms with E-state index in [9.17, 15) is 0 Å². The van der Waals surface area contributed by atoms with Crippen LogP contribution >= 0.6 is 0 Å². The molecule has 2 heterocycles. The van der Waals surface area contributed by atoms with Gasteiger partial charge in [0.15, 0.2) is 5.58 Å². The summed E-state index contributed by atoms with van der Waals surface area (Å²) in [5.41, 5.74) is 13.0. The zero-order valence-electron chi connectivity index (χ0n) is 29.0. The molecule has 0 amide bonds. The highest BCUT2D eigenvalue weighted by molar-refractivity contribution is 6.24. The Hall–Kier alpha value is -6.58. The topological polar surface area (TPSA) is 19.6 Å². The first kappa shape index (κ1) is 29.0. The van der Waals surface area contributed by atoms with Gasteiger partial charge in [0.2, 0.25) is 0 Å². The summed E-state index contributed by atoms with van der Waals surface area (Å²) in [5, 5.41) is 7.48. The van der Waals surface area contributed by atoms with Crippen LogP contribution in [0.2, 0.25) is 0 Å². The number of hydrogen-bond donors (Lipinski definition) is 0. The van der Waals surface area contributed by atoms with Crippen LogP contribution in [-0.4, -0.2) is 12.1 Å². The van der Waals surface area contributed by atoms with E-state index in [0.717, 1.165) is 45.4 Å². The van der Waals surface area contributed by atoms with E-state index in [1.807, 2.05) is 0 Å². The molecule has 0 saturated heterocycles. The van der Waals surface area contributed by atoms with Crippen molar-refractivity contribution in [3.8, 4) is 22.3 Å². The lowest BCUT2D eigenvalue weighted by Crippen LogP contribution is -2.41. The maximum atomic E-state index is 6.74. The van der Waals surface area contributed by atoms with Crippen LogP contribution in [-0.2, 0) is 0 Å². The molecule has 3 atom stereocenters. The highest BCUT2D eigenvalue weighted by Crippen LogP contribution is 2.53. The Morgan fingerprint density at radius 2 is 1.47 bits per heavy atom. The van der Waals surface area contributed by atoms with Crippen LogP contribution < -0.4 is 9.80 Å². The second kappa shape index (κ2) is 11.0. The summed E-state index contributed by atoms with van der Waals surface area (Å²) in [4.78, 5) is 5.07. The van der Waals surface area contributed by atoms with Crippen molar-refractivity contribution in [1.29, 1.82) is 0 Å². The largest absolute Gasteiger partial charge is 0.454 e. The molecule has 0 saturated carbocycles. The summed E-state index contributed by atoms with van der Waals surface area (Å²) in [6, 6.07) is 49.5. The Balaban J connectivity index is 1.07. The van der Waals surface area contributed by atoms with Crippen LogP contribution in [0.25, 0.3) is 65.7 Å². The molecule has 1 aromatic heterocycles. The van der Waals surface area contributed by atoms with E-state index in [0.29, 0.717) is 6.04 Å². The van der Waals surface area contributed by atoms with Gasteiger partial charge in [-0.1, -0.05) is 134 Å². The van der Waals surface area contributed by atoms with Gasteiger partial charge in [-0.3, -0.25) is 0 Å². The van der Waals surface area contributed by atoms with Gasteiger partial charge in [-0.15, -0.1) is 0 Å². The molecular weight excluding hydrogens is 645 g/mol. The van der Waals surface area contributed by atoms with Crippen LogP contribution in [0, 0.1) is 0 Å². The van der Waals surface area contributed by atoms with E-state index in [1.54, 1.807) is 0 Å². The third-order valence-electron chi connectivity index (χ3n) is 12.0. The number of anilines is 3. The fraction of sp³-hybridized carbons (Fsp3) is 0.0800. The van der Waals surface area contributed by atoms with Crippen molar-refractivity contribution in [2.24, 2.45) is 0 Å². The van der Waals surface area contributed by atoms with Gasteiger partial charge in [0.25, 0.3) is 0 Å². The standard InChI is InChI=1S/C50H34N2O/c1-2-14-33(15-3-1)52-44-21-8-6-17-37(44)43-30-35(25-27-45(43)52)51(46-22-11-20-41-38-18-7-9-23-47(38)53-50(41)46)34-24-26-40-42(29-34)39-19-10-13-32-28-31-12-4-5-16-36(31)49(40)48(32)39/h1-14,16-30,33,43,45H,15H2. The number of nitrogens with zero attached hydrogens (tertiary/aromatic N) is 2. The molecule has 53 heavy (non-hydrogen) atoms. The van der Waals surface area contributed by atoms with E-state index in [4.69, 9.17) is 4.42 Å². The van der Waals surface area contributed by atoms with Crippen molar-refractivity contribution in [2.75, 3.05) is 9.80 Å². The molecule has 0 N–H and O–H groups in total. The molecule has 0 bridgehead atoms. The van der Waals surface area contributed by atoms with Crippen molar-refractivity contribution in [1.82, 2.24) is 0 Å². The number of rotatable bonds is 4. The van der Waals surface area contributed by atoms with E-state index in [2.05, 4.69) is 186 Å². The summed E-state index contributed by atoms with van der Waals surface area (Å²) in [6.45, 7) is 0. The minimum absolute atomic E-state index is 0.210. The van der Waals surface area contributed by atoms with E-state index in [-0.39, 0.29) is 12.0 Å². The second-order valence-corrected chi connectivity index (χ2v) is 14.7. The molecule has 4 aliphatic rings. The van der Waals surface area contributed by atoms with Crippen LogP contribution in [0.5, 0.6) is 0 Å². The van der Waals surface area contributed by atoms with E-state index < -0.39 is 0 Å². The fourth-order valence-corrected chi connectivity index (χ4v) is 9.76. The maximum absolute atomic E-state index is 6.74. The predicted molar refractivity (Wildman–Crippen MR) is 221 cm³/mol. The van der Waals surface area contributed by atoms with Crippen molar-refractivity contribution in [3.05, 3.63) is 187 Å². The highest BCUT2D eigenvalue weighted by atomic mass is 16.3. The van der Waals surface area contributed by atoms with Crippen molar-refractivity contribution >= 4 is 60.5 Å². The lowest BCUT2D eigenvalue weighted by atomic mass is 9.89. The molecule has 250 valence electrons. The van der Waals surface area contributed by atoms with Crippen LogP contribution in [0.3, 0.4) is 0 Å². The first-order valence-corrected chi connectivity index (χ1v) is 18.7. The van der Waals surface area contributed by atoms with E-state index in [1.165, 1.54) is 55.0 Å². The molecule has 3 heteroatoms. The number of hydrogen-bond acceptors (Lipinski definition) is 3. The van der Waals surface area contributed by atoms with Gasteiger partial charge < -0.3 is 14.2 Å². The molecule has 1 aliphatic heterocycles. The van der Waals surface area contributed by atoms with Crippen molar-refractivity contribution < 1.29 is 4.42 Å². The van der Waals surface area contributed by atoms with Crippen molar-refractivity contribution in [2.45, 2.75) is 24.4 Å². The van der Waals surface area contributed by atoms with Gasteiger partial charge in [0.05, 0.1) is 17.8 Å². The number of allylic oxidation sites excluding steroid dienone is 3. The summed E-state index contributed by atoms with van der Waals surface area (Å²) in [5.74, 6) is 0.210. The Labute approximate surface area is 307 Å². The minimum atomic E-state index is 0.210. The molecule has 3 unspecified atom stereocenters. The summed E-state index contributed by atoms with van der Waals surface area (Å²) in [7, 11) is 0. The molecule has 8 aromatic rings. The van der Waals surface area contributed by atoms with Gasteiger partial charge >= 0.3 is 0 Å². The molecule has 7 aromatic carbocycles. The Morgan fingerprint density at radius 1 is 0.642 bits per heavy atom. The summed E-state index contributed by atoms with van der Waals surface area (Å²) < 4.78 is 6.74. The molecule has 0 radical (unpaired) electrons. The van der Waals surface area contributed by atoms with Crippen molar-refractivity contribution in [3.63, 3.8) is 0 Å². The zero-order valence-corrected chi connectivity index (χ0v) is 29.0. The minimum Gasteiger partial charge on any atom is -0.454 e. The molecule has 3 nitrogen and oxygen atoms in total. The molecule has 12 rings (SSSR count). The fourth-order valence-electron chi connectivity index (χ4n) is 9.76. The van der Waals surface area contributed by atoms with E-state index >= 15 is 0 Å². The first-order valence-electron chi connectivity index (χ1n) is 18.7. The predicted octanol–water partition coefficient (Wildman–Crippen LogP) is 13.0. The molecule has 0 spiro atoms. The average Bonchev–Trinajstić information content (AvgIpc) is 3.87. The monoisotopic (exact) mass is 678 g/mol. The average molecular weight is 679 g/mol. The number of fused-ring (bicyclic) bond motifs is 11. The number of furan rings is 1. The van der Waals surface area contributed by atoms with Gasteiger partial charge in [0, 0.05) is 33.8 Å². The van der Waals surface area contributed by atoms with Gasteiger partial charge in [-0.25, -0.2) is 0 Å². The zero-order chi connectivity index (χ0) is 34.6. The Bertz CT molecular complexity index is 2980. The quantitative estimate of drug-likeness (QED) is 0.173. The molecular formula is C50H34N2O. The Morgan fingerprint density at radius 3 is 2.42 bits per heavy atom. The van der Waals surface area contributed by atoms with Crippen LogP contribution in [0.1, 0.15) is 17.9 Å². The molecule has 3 aliphatic carbocycles. The van der Waals surface area contributed by atoms with Crippen LogP contribution in [0.4, 0.5) is 17.1 Å². The van der Waals surface area contributed by atoms with Gasteiger partial charge in [0.1, 0.15) is 5.58 Å². The summed E-state index contributed by atoms with van der Waals surface area (Å²) >= 11 is 0. The Kier molecular flexibility index (Phi) is 6.01. The molecule has 0 fully saturated rings. The second-order valence-electron chi connectivity index (χ2n) is 14.7. The summed E-state index contributed by atoms with van der Waals surface area (Å²) in [6.07, 6.45) is 17.3. The van der Waals surface area contributed by atoms with Crippen LogP contribution in [0.15, 0.2) is 186 Å². The maximum Gasteiger partial charge on any atom is 0.159 e. The smallest absolute Gasteiger partial charge is 0.159 e. The van der Waals surface area contributed by atoms with Gasteiger partial charge in [-0.2, -0.15) is 0 Å². The SMILES string of the molecule is C1=CCC(N2c3ccccc3C3C=C(N(c4ccc5c(c4)-c4cccc6cc7ccccc7c-5c46)c4cccc5c4oc4ccccc45)C=CC32)C=C1. The first-order chi connectivity index (χ1) is 26.3. The lowest BCUT2D eigenvalue weighted by molar-refractivity contribution is 0.611. The third kappa shape index (κ3) is 4.11. The van der Waals surface area contributed by atoms with Gasteiger partial charge in [-0.05, 0) is 98.3 Å².